The molecule has 0 atom stereocenters. The molecule has 0 bridgehead atoms. The molecule has 160 valence electrons. The van der Waals surface area contributed by atoms with Crippen LogP contribution in [0.3, 0.4) is 0 Å². The van der Waals surface area contributed by atoms with E-state index in [1.54, 1.807) is 38.1 Å². The summed E-state index contributed by atoms with van der Waals surface area (Å²) in [4.78, 5) is 47.8. The molecule has 0 aliphatic carbocycles. The highest BCUT2D eigenvalue weighted by atomic mass is 35.5. The number of fused-ring (bicyclic) bond motifs is 1. The van der Waals surface area contributed by atoms with E-state index in [1.807, 2.05) is 0 Å². The molecule has 0 saturated heterocycles. The highest BCUT2D eigenvalue weighted by Crippen LogP contribution is 2.27. The van der Waals surface area contributed by atoms with Crippen molar-refractivity contribution < 1.29 is 19.2 Å². The van der Waals surface area contributed by atoms with Gasteiger partial charge in [-0.2, -0.15) is 5.10 Å². The number of nitro groups is 1. The Morgan fingerprint density at radius 2 is 1.90 bits per heavy atom. The molecule has 0 spiro atoms. The minimum Gasteiger partial charge on any atom is -0.451 e. The molecule has 0 fully saturated rings. The summed E-state index contributed by atoms with van der Waals surface area (Å²) in [7, 11) is 0. The molecule has 31 heavy (non-hydrogen) atoms. The van der Waals surface area contributed by atoms with Crippen LogP contribution in [0.4, 0.5) is 11.4 Å². The number of amides is 1. The van der Waals surface area contributed by atoms with Crippen molar-refractivity contribution in [2.24, 2.45) is 0 Å². The monoisotopic (exact) mass is 444 g/mol. The fourth-order valence-electron chi connectivity index (χ4n) is 2.85. The standard InChI is InChI=1S/C20H17ClN4O6/c1-11(2)24-19(27)14-6-4-3-5-13(14)18(23-24)20(28)31-10-17(26)22-15-8-7-12(21)9-16(15)25(29)30/h3-9,11H,10H2,1-2H3,(H,22,26). The lowest BCUT2D eigenvalue weighted by Crippen LogP contribution is -2.28. The van der Waals surface area contributed by atoms with Crippen molar-refractivity contribution in [3.8, 4) is 0 Å². The molecule has 1 heterocycles. The molecule has 1 N–H and O–H groups in total. The Kier molecular flexibility index (Phi) is 6.30. The Bertz CT molecular complexity index is 1250. The maximum atomic E-state index is 12.6. The summed E-state index contributed by atoms with van der Waals surface area (Å²) < 4.78 is 6.21. The lowest BCUT2D eigenvalue weighted by atomic mass is 10.1. The van der Waals surface area contributed by atoms with Crippen molar-refractivity contribution in [3.05, 3.63) is 73.6 Å². The number of carbonyl (C=O) groups is 2. The summed E-state index contributed by atoms with van der Waals surface area (Å²) in [6, 6.07) is 9.87. The molecule has 2 aromatic carbocycles. The van der Waals surface area contributed by atoms with Crippen LogP contribution in [0.1, 0.15) is 30.4 Å². The van der Waals surface area contributed by atoms with E-state index in [0.29, 0.717) is 10.8 Å². The van der Waals surface area contributed by atoms with Crippen LogP contribution in [-0.2, 0) is 9.53 Å². The van der Waals surface area contributed by atoms with Gasteiger partial charge in [-0.1, -0.05) is 29.8 Å². The molecule has 0 aliphatic heterocycles. The predicted octanol–water partition coefficient (Wildman–Crippen LogP) is 3.33. The number of ether oxygens (including phenoxy) is 1. The number of esters is 1. The van der Waals surface area contributed by atoms with Crippen molar-refractivity contribution >= 4 is 45.6 Å². The number of nitrogens with one attached hydrogen (secondary N) is 1. The van der Waals surface area contributed by atoms with Crippen LogP contribution in [0, 0.1) is 10.1 Å². The van der Waals surface area contributed by atoms with E-state index < -0.39 is 29.1 Å². The molecule has 3 rings (SSSR count). The highest BCUT2D eigenvalue weighted by Gasteiger charge is 2.21. The van der Waals surface area contributed by atoms with Crippen molar-refractivity contribution in [3.63, 3.8) is 0 Å². The molecular formula is C20H17ClN4O6. The molecule has 0 unspecified atom stereocenters. The van der Waals surface area contributed by atoms with Gasteiger partial charge in [0.2, 0.25) is 0 Å². The smallest absolute Gasteiger partial charge is 0.359 e. The summed E-state index contributed by atoms with van der Waals surface area (Å²) in [5.74, 6) is -1.70. The number of aromatic nitrogens is 2. The Labute approximate surface area is 180 Å². The van der Waals surface area contributed by atoms with Crippen molar-refractivity contribution in [1.82, 2.24) is 9.78 Å². The number of hydrogen-bond donors (Lipinski definition) is 1. The van der Waals surface area contributed by atoms with Crippen LogP contribution in [0.2, 0.25) is 5.02 Å². The third kappa shape index (κ3) is 4.69. The minimum atomic E-state index is -0.911. The first-order chi connectivity index (χ1) is 14.7. The quantitative estimate of drug-likeness (QED) is 0.350. The van der Waals surface area contributed by atoms with Crippen molar-refractivity contribution in [2.45, 2.75) is 19.9 Å². The van der Waals surface area contributed by atoms with E-state index in [0.717, 1.165) is 10.7 Å². The van der Waals surface area contributed by atoms with E-state index >= 15 is 0 Å². The van der Waals surface area contributed by atoms with Gasteiger partial charge in [0, 0.05) is 16.5 Å². The fourth-order valence-corrected chi connectivity index (χ4v) is 3.02. The van der Waals surface area contributed by atoms with Gasteiger partial charge >= 0.3 is 5.97 Å². The third-order valence-electron chi connectivity index (χ3n) is 4.28. The molecule has 10 nitrogen and oxygen atoms in total. The Morgan fingerprint density at radius 1 is 1.23 bits per heavy atom. The molecular weight excluding hydrogens is 428 g/mol. The number of halogens is 1. The number of anilines is 1. The summed E-state index contributed by atoms with van der Waals surface area (Å²) in [5.41, 5.74) is -0.958. The van der Waals surface area contributed by atoms with Crippen LogP contribution in [0.25, 0.3) is 10.8 Å². The fraction of sp³-hybridized carbons (Fsp3) is 0.200. The Hall–Kier alpha value is -3.79. The molecule has 0 radical (unpaired) electrons. The van der Waals surface area contributed by atoms with Gasteiger partial charge in [0.25, 0.3) is 17.2 Å². The van der Waals surface area contributed by atoms with Crippen LogP contribution < -0.4 is 10.9 Å². The van der Waals surface area contributed by atoms with Crippen LogP contribution in [0.5, 0.6) is 0 Å². The normalized spacial score (nSPS) is 10.8. The zero-order valence-corrected chi connectivity index (χ0v) is 17.3. The van der Waals surface area contributed by atoms with Crippen LogP contribution >= 0.6 is 11.6 Å². The zero-order chi connectivity index (χ0) is 22.7. The van der Waals surface area contributed by atoms with Gasteiger partial charge in [0.05, 0.1) is 16.4 Å². The highest BCUT2D eigenvalue weighted by molar-refractivity contribution is 6.31. The largest absolute Gasteiger partial charge is 0.451 e. The number of carbonyl (C=O) groups excluding carboxylic acids is 2. The number of rotatable bonds is 6. The summed E-state index contributed by atoms with van der Waals surface area (Å²) in [5, 5.41) is 18.3. The molecule has 3 aromatic rings. The van der Waals surface area contributed by atoms with Gasteiger partial charge in [-0.05, 0) is 32.0 Å². The molecule has 11 heteroatoms. The van der Waals surface area contributed by atoms with E-state index in [1.165, 1.54) is 12.1 Å². The number of hydrogen-bond acceptors (Lipinski definition) is 7. The summed E-state index contributed by atoms with van der Waals surface area (Å²) in [6.07, 6.45) is 0. The average Bonchev–Trinajstić information content (AvgIpc) is 2.73. The van der Waals surface area contributed by atoms with E-state index in [9.17, 15) is 24.5 Å². The van der Waals surface area contributed by atoms with Gasteiger partial charge in [-0.15, -0.1) is 0 Å². The lowest BCUT2D eigenvalue weighted by molar-refractivity contribution is -0.383. The Balaban J connectivity index is 1.81. The van der Waals surface area contributed by atoms with E-state index in [-0.39, 0.29) is 28.0 Å². The topological polar surface area (TPSA) is 133 Å². The lowest BCUT2D eigenvalue weighted by Gasteiger charge is -2.13. The third-order valence-corrected chi connectivity index (χ3v) is 4.51. The number of nitro benzene ring substituents is 1. The molecule has 0 aliphatic rings. The van der Waals surface area contributed by atoms with Crippen molar-refractivity contribution in [2.75, 3.05) is 11.9 Å². The summed E-state index contributed by atoms with van der Waals surface area (Å²) in [6.45, 7) is 2.77. The van der Waals surface area contributed by atoms with E-state index in [4.69, 9.17) is 16.3 Å². The van der Waals surface area contributed by atoms with Gasteiger partial charge in [-0.25, -0.2) is 9.48 Å². The SMILES string of the molecule is CC(C)n1nc(C(=O)OCC(=O)Nc2ccc(Cl)cc2[N+](=O)[O-])c2ccccc2c1=O. The maximum Gasteiger partial charge on any atom is 0.359 e. The first kappa shape index (κ1) is 21.9. The number of nitrogens with zero attached hydrogens (tertiary/aromatic N) is 3. The van der Waals surface area contributed by atoms with E-state index in [2.05, 4.69) is 10.4 Å². The van der Waals surface area contributed by atoms with Crippen LogP contribution in [0.15, 0.2) is 47.3 Å². The first-order valence-electron chi connectivity index (χ1n) is 9.11. The zero-order valence-electron chi connectivity index (χ0n) is 16.5. The molecule has 1 aromatic heterocycles. The van der Waals surface area contributed by atoms with Crippen molar-refractivity contribution in [1.29, 1.82) is 0 Å². The molecule has 1 amide bonds. The first-order valence-corrected chi connectivity index (χ1v) is 9.49. The van der Waals surface area contributed by atoms with Gasteiger partial charge in [0.15, 0.2) is 12.3 Å². The minimum absolute atomic E-state index is 0.0904. The van der Waals surface area contributed by atoms with Crippen LogP contribution in [-0.4, -0.2) is 33.2 Å². The average molecular weight is 445 g/mol. The second kappa shape index (κ2) is 8.92. The molecule has 0 saturated carbocycles. The summed E-state index contributed by atoms with van der Waals surface area (Å²) >= 11 is 5.74. The van der Waals surface area contributed by atoms with Gasteiger partial charge < -0.3 is 10.1 Å². The maximum absolute atomic E-state index is 12.6. The second-order valence-electron chi connectivity index (χ2n) is 6.78. The Morgan fingerprint density at radius 3 is 2.55 bits per heavy atom. The predicted molar refractivity (Wildman–Crippen MR) is 113 cm³/mol. The van der Waals surface area contributed by atoms with Gasteiger partial charge in [0.1, 0.15) is 5.69 Å². The van der Waals surface area contributed by atoms with Gasteiger partial charge in [-0.3, -0.25) is 19.7 Å². The second-order valence-corrected chi connectivity index (χ2v) is 7.22. The number of benzene rings is 2.